The van der Waals surface area contributed by atoms with Crippen molar-refractivity contribution in [3.8, 4) is 5.88 Å². The van der Waals surface area contributed by atoms with E-state index in [9.17, 15) is 4.79 Å². The topological polar surface area (TPSA) is 64.8 Å². The predicted molar refractivity (Wildman–Crippen MR) is 90.5 cm³/mol. The number of rotatable bonds is 4. The first-order valence-corrected chi connectivity index (χ1v) is 8.73. The highest BCUT2D eigenvalue weighted by molar-refractivity contribution is 5.95. The highest BCUT2D eigenvalue weighted by Crippen LogP contribution is 2.35. The van der Waals surface area contributed by atoms with Gasteiger partial charge in [0.05, 0.1) is 37.2 Å². The van der Waals surface area contributed by atoms with E-state index in [0.29, 0.717) is 42.9 Å². The Kier molecular flexibility index (Phi) is 4.44. The molecule has 1 aliphatic heterocycles. The van der Waals surface area contributed by atoms with Gasteiger partial charge in [0.15, 0.2) is 0 Å². The number of nitrogens with zero attached hydrogens (tertiary/aromatic N) is 2. The van der Waals surface area contributed by atoms with Crippen LogP contribution in [0.2, 0.25) is 0 Å². The molecule has 3 atom stereocenters. The van der Waals surface area contributed by atoms with Crippen LogP contribution in [0.25, 0.3) is 0 Å². The molecule has 2 aromatic heterocycles. The average Bonchev–Trinajstić information content (AvgIpc) is 3.25. The van der Waals surface area contributed by atoms with E-state index in [2.05, 4.69) is 4.98 Å². The van der Waals surface area contributed by atoms with E-state index in [0.717, 1.165) is 12.8 Å². The molecule has 132 valence electrons. The minimum absolute atomic E-state index is 0.0378. The third-order valence-corrected chi connectivity index (χ3v) is 5.09. The molecule has 1 amide bonds. The Labute approximate surface area is 146 Å². The van der Waals surface area contributed by atoms with Gasteiger partial charge in [-0.3, -0.25) is 4.79 Å². The van der Waals surface area contributed by atoms with Crippen molar-refractivity contribution in [2.45, 2.75) is 31.9 Å². The van der Waals surface area contributed by atoms with Gasteiger partial charge in [0.1, 0.15) is 5.76 Å². The minimum atomic E-state index is 0.0378. The molecule has 6 heteroatoms. The highest BCUT2D eigenvalue weighted by Gasteiger charge is 2.43. The van der Waals surface area contributed by atoms with Crippen LogP contribution in [0.5, 0.6) is 5.88 Å². The van der Waals surface area contributed by atoms with Gasteiger partial charge in [-0.05, 0) is 37.8 Å². The molecule has 0 unspecified atom stereocenters. The molecular formula is C19H22N2O4. The predicted octanol–water partition coefficient (Wildman–Crippen LogP) is 2.68. The Morgan fingerprint density at radius 3 is 3.04 bits per heavy atom. The summed E-state index contributed by atoms with van der Waals surface area (Å²) in [4.78, 5) is 19.0. The van der Waals surface area contributed by atoms with Crippen LogP contribution >= 0.6 is 0 Å². The van der Waals surface area contributed by atoms with Crippen LogP contribution in [0.3, 0.4) is 0 Å². The fourth-order valence-electron chi connectivity index (χ4n) is 3.84. The Balaban J connectivity index is 1.42. The fourth-order valence-corrected chi connectivity index (χ4v) is 3.84. The number of furan rings is 1. The Hall–Kier alpha value is -2.34. The summed E-state index contributed by atoms with van der Waals surface area (Å²) in [6.07, 6.45) is 5.17. The zero-order chi connectivity index (χ0) is 17.2. The zero-order valence-corrected chi connectivity index (χ0v) is 14.3. The molecule has 1 aliphatic carbocycles. The first-order valence-electron chi connectivity index (χ1n) is 8.73. The number of aromatic nitrogens is 1. The number of carbonyl (C=O) groups excluding carboxylic acids is 1. The van der Waals surface area contributed by atoms with E-state index in [1.54, 1.807) is 18.5 Å². The van der Waals surface area contributed by atoms with E-state index in [4.69, 9.17) is 13.9 Å². The number of morpholine rings is 1. The van der Waals surface area contributed by atoms with E-state index in [1.807, 2.05) is 30.0 Å². The smallest absolute Gasteiger partial charge is 0.257 e. The monoisotopic (exact) mass is 342 g/mol. The molecule has 1 saturated heterocycles. The van der Waals surface area contributed by atoms with Crippen LogP contribution in [0.15, 0.2) is 41.1 Å². The Morgan fingerprint density at radius 1 is 1.36 bits per heavy atom. The lowest BCUT2D eigenvalue weighted by atomic mass is 10.1. The number of hydrogen-bond donors (Lipinski definition) is 0. The number of carbonyl (C=O) groups is 1. The first kappa shape index (κ1) is 16.1. The van der Waals surface area contributed by atoms with Crippen LogP contribution in [0.1, 0.15) is 29.0 Å². The van der Waals surface area contributed by atoms with Gasteiger partial charge in [0.2, 0.25) is 5.88 Å². The molecule has 0 bridgehead atoms. The highest BCUT2D eigenvalue weighted by atomic mass is 16.5. The van der Waals surface area contributed by atoms with Gasteiger partial charge in [0, 0.05) is 18.8 Å². The molecule has 0 spiro atoms. The average molecular weight is 342 g/mol. The number of ether oxygens (including phenoxy) is 2. The van der Waals surface area contributed by atoms with Gasteiger partial charge in [-0.15, -0.1) is 0 Å². The summed E-state index contributed by atoms with van der Waals surface area (Å²) in [5.74, 6) is 1.70. The van der Waals surface area contributed by atoms with Crippen LogP contribution in [-0.4, -0.2) is 47.7 Å². The number of aryl methyl sites for hydroxylation is 1. The Morgan fingerprint density at radius 2 is 2.28 bits per heavy atom. The van der Waals surface area contributed by atoms with Gasteiger partial charge >= 0.3 is 0 Å². The quantitative estimate of drug-likeness (QED) is 0.855. The van der Waals surface area contributed by atoms with Gasteiger partial charge in [-0.1, -0.05) is 6.07 Å². The molecule has 25 heavy (non-hydrogen) atoms. The molecule has 0 aromatic carbocycles. The first-order chi connectivity index (χ1) is 12.2. The third-order valence-electron chi connectivity index (χ3n) is 5.09. The summed E-state index contributed by atoms with van der Waals surface area (Å²) in [6.45, 7) is 3.62. The number of hydrogen-bond acceptors (Lipinski definition) is 5. The van der Waals surface area contributed by atoms with E-state index >= 15 is 0 Å². The molecule has 4 rings (SSSR count). The maximum atomic E-state index is 12.9. The molecule has 2 fully saturated rings. The van der Waals surface area contributed by atoms with Gasteiger partial charge < -0.3 is 18.8 Å². The summed E-state index contributed by atoms with van der Waals surface area (Å²) >= 11 is 0. The van der Waals surface area contributed by atoms with E-state index in [-0.39, 0.29) is 18.1 Å². The fraction of sp³-hybridized carbons (Fsp3) is 0.474. The van der Waals surface area contributed by atoms with Crippen LogP contribution in [0, 0.1) is 12.8 Å². The lowest BCUT2D eigenvalue weighted by Crippen LogP contribution is -2.51. The molecule has 3 heterocycles. The number of amides is 1. The van der Waals surface area contributed by atoms with Crippen molar-refractivity contribution in [2.75, 3.05) is 19.8 Å². The second kappa shape index (κ2) is 6.88. The van der Waals surface area contributed by atoms with Gasteiger partial charge in [-0.2, -0.15) is 0 Å². The third kappa shape index (κ3) is 3.26. The summed E-state index contributed by atoms with van der Waals surface area (Å²) in [7, 11) is 0. The van der Waals surface area contributed by atoms with Crippen molar-refractivity contribution in [1.82, 2.24) is 9.88 Å². The molecule has 2 aromatic rings. The second-order valence-corrected chi connectivity index (χ2v) is 6.68. The molecule has 2 aliphatic rings. The largest absolute Gasteiger partial charge is 0.477 e. The molecule has 1 saturated carbocycles. The maximum Gasteiger partial charge on any atom is 0.257 e. The summed E-state index contributed by atoms with van der Waals surface area (Å²) in [6, 6.07) is 7.49. The standard InChI is InChI=1S/C19H22N2O4/c1-13-15(5-8-23-13)19(22)21-7-9-24-17-11-14(10-16(17)21)12-25-18-4-2-3-6-20-18/h2-6,8,14,16-17H,7,9-12H2,1H3/t14-,16+,17-/m1/s1. The molecule has 6 nitrogen and oxygen atoms in total. The molecule has 0 N–H and O–H groups in total. The van der Waals surface area contributed by atoms with Crippen molar-refractivity contribution < 1.29 is 18.7 Å². The molecular weight excluding hydrogens is 320 g/mol. The summed E-state index contributed by atoms with van der Waals surface area (Å²) < 4.78 is 17.0. The van der Waals surface area contributed by atoms with Crippen molar-refractivity contribution in [3.05, 3.63) is 48.0 Å². The van der Waals surface area contributed by atoms with Crippen molar-refractivity contribution in [3.63, 3.8) is 0 Å². The summed E-state index contributed by atoms with van der Waals surface area (Å²) in [5.41, 5.74) is 0.647. The van der Waals surface area contributed by atoms with Crippen LogP contribution < -0.4 is 4.74 Å². The van der Waals surface area contributed by atoms with Gasteiger partial charge in [-0.25, -0.2) is 4.98 Å². The normalized spacial score (nSPS) is 25.6. The number of pyridine rings is 1. The van der Waals surface area contributed by atoms with Crippen molar-refractivity contribution in [2.24, 2.45) is 5.92 Å². The lowest BCUT2D eigenvalue weighted by molar-refractivity contribution is -0.0449. The second-order valence-electron chi connectivity index (χ2n) is 6.68. The van der Waals surface area contributed by atoms with Gasteiger partial charge in [0.25, 0.3) is 5.91 Å². The number of fused-ring (bicyclic) bond motifs is 1. The van der Waals surface area contributed by atoms with E-state index < -0.39 is 0 Å². The summed E-state index contributed by atoms with van der Waals surface area (Å²) in [5, 5.41) is 0. The van der Waals surface area contributed by atoms with Crippen molar-refractivity contribution >= 4 is 5.91 Å². The minimum Gasteiger partial charge on any atom is -0.477 e. The van der Waals surface area contributed by atoms with Crippen molar-refractivity contribution in [1.29, 1.82) is 0 Å². The SMILES string of the molecule is Cc1occc1C(=O)N1CCO[C@@H]2C[C@H](COc3ccccn3)C[C@@H]21. The molecule has 0 radical (unpaired) electrons. The lowest BCUT2D eigenvalue weighted by Gasteiger charge is -2.37. The Bertz CT molecular complexity index is 730. The van der Waals surface area contributed by atoms with Crippen LogP contribution in [-0.2, 0) is 4.74 Å². The maximum absolute atomic E-state index is 12.9. The van der Waals surface area contributed by atoms with E-state index in [1.165, 1.54) is 0 Å². The zero-order valence-electron chi connectivity index (χ0n) is 14.3. The van der Waals surface area contributed by atoms with Crippen LogP contribution in [0.4, 0.5) is 0 Å².